The monoisotopic (exact) mass is 540 g/mol. The van der Waals surface area contributed by atoms with E-state index < -0.39 is 16.1 Å². The van der Waals surface area contributed by atoms with Crippen LogP contribution in [0.1, 0.15) is 45.3 Å². The van der Waals surface area contributed by atoms with Gasteiger partial charge in [-0.3, -0.25) is 4.79 Å². The van der Waals surface area contributed by atoms with Gasteiger partial charge in [0.05, 0.1) is 0 Å². The van der Waals surface area contributed by atoms with Crippen LogP contribution in [0.5, 0.6) is 11.5 Å². The van der Waals surface area contributed by atoms with Crippen molar-refractivity contribution in [1.82, 2.24) is 0 Å². The maximum absolute atomic E-state index is 13.9. The van der Waals surface area contributed by atoms with Crippen LogP contribution in [0, 0.1) is 0 Å². The predicted molar refractivity (Wildman–Crippen MR) is 163 cm³/mol. The number of hydrogen-bond donors (Lipinski definition) is 0. The highest BCUT2D eigenvalue weighted by Crippen LogP contribution is 2.54. The molecule has 0 aromatic heterocycles. The molecule has 0 saturated carbocycles. The van der Waals surface area contributed by atoms with Crippen LogP contribution in [0.25, 0.3) is 5.57 Å². The average Bonchev–Trinajstić information content (AvgIpc) is 3.44. The molecule has 0 radical (unpaired) electrons. The first-order valence-corrected chi connectivity index (χ1v) is 21.2. The molecule has 3 aromatic rings. The van der Waals surface area contributed by atoms with Gasteiger partial charge < -0.3 is 9.47 Å². The summed E-state index contributed by atoms with van der Waals surface area (Å²) in [7, 11) is -2.89. The van der Waals surface area contributed by atoms with Crippen LogP contribution in [0.3, 0.4) is 0 Å². The molecule has 1 unspecified atom stereocenters. The van der Waals surface area contributed by atoms with E-state index in [1.54, 1.807) is 0 Å². The van der Waals surface area contributed by atoms with E-state index in [-0.39, 0.29) is 18.5 Å². The molecule has 3 aromatic carbocycles. The molecule has 198 valence electrons. The van der Waals surface area contributed by atoms with Crippen molar-refractivity contribution in [3.63, 3.8) is 0 Å². The van der Waals surface area contributed by atoms with Gasteiger partial charge in [-0.2, -0.15) is 0 Å². The molecule has 0 spiro atoms. The number of hydrogen-bond acceptors (Lipinski definition) is 3. The van der Waals surface area contributed by atoms with Crippen LogP contribution in [-0.2, 0) is 0 Å². The molecule has 0 saturated heterocycles. The number of fused-ring (bicyclic) bond motifs is 2. The van der Waals surface area contributed by atoms with E-state index in [0.29, 0.717) is 29.4 Å². The minimum atomic E-state index is -1.45. The average molecular weight is 541 g/mol. The van der Waals surface area contributed by atoms with Crippen molar-refractivity contribution in [1.29, 1.82) is 0 Å². The third kappa shape index (κ3) is 5.74. The van der Waals surface area contributed by atoms with E-state index in [2.05, 4.69) is 93.9 Å². The topological polar surface area (TPSA) is 35.5 Å². The third-order valence-electron chi connectivity index (χ3n) is 7.57. The standard InChI is InChI=1S/C33H40O3Si2/c1-37(2,3)20-28(23-12-8-7-9-13-23)33-27(19-30(34)24-16-17-31-32(18-24)36-22-35-31)25-14-10-11-15-26(25)29(33)21-38(4,5)6/h7-18,27-28H,19-22H2,1-6H3/t27?,28-/m1/s1. The maximum Gasteiger partial charge on any atom is 0.231 e. The minimum Gasteiger partial charge on any atom is -0.454 e. The second-order valence-corrected chi connectivity index (χ2v) is 24.2. The zero-order chi connectivity index (χ0) is 27.1. The first-order chi connectivity index (χ1) is 18.0. The number of Topliss-reactive ketones (excluding diaryl/α,β-unsaturated/α-hetero) is 1. The zero-order valence-corrected chi connectivity index (χ0v) is 25.6. The molecule has 0 amide bonds. The molecular weight excluding hydrogens is 501 g/mol. The summed E-state index contributed by atoms with van der Waals surface area (Å²) >= 11 is 0. The maximum atomic E-state index is 13.9. The van der Waals surface area contributed by atoms with Gasteiger partial charge in [0.1, 0.15) is 0 Å². The summed E-state index contributed by atoms with van der Waals surface area (Å²) in [5.41, 5.74) is 7.77. The van der Waals surface area contributed by atoms with E-state index >= 15 is 0 Å². The summed E-state index contributed by atoms with van der Waals surface area (Å²) in [5.74, 6) is 1.94. The Morgan fingerprint density at radius 1 is 0.842 bits per heavy atom. The van der Waals surface area contributed by atoms with Gasteiger partial charge in [0.15, 0.2) is 17.3 Å². The van der Waals surface area contributed by atoms with Gasteiger partial charge in [0.2, 0.25) is 6.79 Å². The van der Waals surface area contributed by atoms with E-state index in [4.69, 9.17) is 9.47 Å². The molecule has 3 nitrogen and oxygen atoms in total. The normalized spacial score (nSPS) is 17.5. The number of benzene rings is 3. The quantitative estimate of drug-likeness (QED) is 0.201. The van der Waals surface area contributed by atoms with Gasteiger partial charge in [-0.1, -0.05) is 99.5 Å². The Balaban J connectivity index is 1.64. The number of ketones is 1. The number of ether oxygens (including phenoxy) is 2. The van der Waals surface area contributed by atoms with Crippen molar-refractivity contribution in [3.8, 4) is 11.5 Å². The largest absolute Gasteiger partial charge is 0.454 e. The Kier molecular flexibility index (Phi) is 7.27. The van der Waals surface area contributed by atoms with E-state index in [0.717, 1.165) is 6.04 Å². The highest BCUT2D eigenvalue weighted by molar-refractivity contribution is 6.78. The summed E-state index contributed by atoms with van der Waals surface area (Å²) < 4.78 is 11.1. The molecular formula is C33H40O3Si2. The highest BCUT2D eigenvalue weighted by Gasteiger charge is 2.39. The van der Waals surface area contributed by atoms with Gasteiger partial charge in [0, 0.05) is 40.0 Å². The van der Waals surface area contributed by atoms with Crippen molar-refractivity contribution in [2.24, 2.45) is 0 Å². The number of allylic oxidation sites excluding steroid dienone is 2. The number of carbonyl (C=O) groups excluding carboxylic acids is 1. The third-order valence-corrected chi connectivity index (χ3v) is 10.6. The van der Waals surface area contributed by atoms with E-state index in [9.17, 15) is 4.79 Å². The SMILES string of the molecule is C[Si](C)(C)CC1=C([C@H](C[Si](C)(C)C)c2ccccc2)C(CC(=O)c2ccc3c(c2)OCO3)c2ccccc21. The molecule has 5 heteroatoms. The lowest BCUT2D eigenvalue weighted by Crippen LogP contribution is -2.26. The molecule has 0 N–H and O–H groups in total. The van der Waals surface area contributed by atoms with Crippen molar-refractivity contribution < 1.29 is 14.3 Å². The molecule has 1 aliphatic heterocycles. The molecule has 0 fully saturated rings. The van der Waals surface area contributed by atoms with Gasteiger partial charge in [-0.05, 0) is 52.6 Å². The zero-order valence-electron chi connectivity index (χ0n) is 23.6. The Labute approximate surface area is 229 Å². The molecule has 1 heterocycles. The van der Waals surface area contributed by atoms with Crippen LogP contribution in [0.2, 0.25) is 51.4 Å². The Morgan fingerprint density at radius 2 is 1.53 bits per heavy atom. The smallest absolute Gasteiger partial charge is 0.231 e. The second kappa shape index (κ2) is 10.3. The van der Waals surface area contributed by atoms with Crippen molar-refractivity contribution in [2.45, 2.75) is 69.6 Å². The lowest BCUT2D eigenvalue weighted by molar-refractivity contribution is 0.0976. The van der Waals surface area contributed by atoms with Crippen LogP contribution in [0.4, 0.5) is 0 Å². The fourth-order valence-corrected chi connectivity index (χ4v) is 9.22. The second-order valence-electron chi connectivity index (χ2n) is 13.2. The van der Waals surface area contributed by atoms with Crippen LogP contribution in [0.15, 0.2) is 78.4 Å². The summed E-state index contributed by atoms with van der Waals surface area (Å²) in [5, 5.41) is 0. The fourth-order valence-electron chi connectivity index (χ4n) is 6.09. The Hall–Kier alpha value is -2.90. The molecule has 2 aliphatic rings. The summed E-state index contributed by atoms with van der Waals surface area (Å²) in [6.07, 6.45) is 0.468. The predicted octanol–water partition coefficient (Wildman–Crippen LogP) is 9.00. The molecule has 0 bridgehead atoms. The highest BCUT2D eigenvalue weighted by atomic mass is 28.3. The Bertz CT molecular complexity index is 1360. The van der Waals surface area contributed by atoms with Gasteiger partial charge in [-0.15, -0.1) is 0 Å². The van der Waals surface area contributed by atoms with Crippen molar-refractivity contribution >= 4 is 27.5 Å². The first-order valence-electron chi connectivity index (χ1n) is 13.8. The molecule has 1 aliphatic carbocycles. The number of rotatable bonds is 9. The van der Waals surface area contributed by atoms with Crippen LogP contribution in [-0.4, -0.2) is 28.7 Å². The molecule has 5 rings (SSSR count). The van der Waals surface area contributed by atoms with Crippen LogP contribution < -0.4 is 9.47 Å². The first kappa shape index (κ1) is 26.7. The lowest BCUT2D eigenvalue weighted by atomic mass is 9.80. The van der Waals surface area contributed by atoms with Crippen molar-refractivity contribution in [3.05, 3.63) is 101 Å². The van der Waals surface area contributed by atoms with E-state index in [1.807, 2.05) is 18.2 Å². The lowest BCUT2D eigenvalue weighted by Gasteiger charge is -2.31. The van der Waals surface area contributed by atoms with E-state index in [1.165, 1.54) is 33.9 Å². The fraction of sp³-hybridized carbons (Fsp3) is 0.364. The summed E-state index contributed by atoms with van der Waals surface area (Å²) in [4.78, 5) is 13.9. The Morgan fingerprint density at radius 3 is 2.24 bits per heavy atom. The van der Waals surface area contributed by atoms with Crippen molar-refractivity contribution in [2.75, 3.05) is 6.79 Å². The molecule has 38 heavy (non-hydrogen) atoms. The van der Waals surface area contributed by atoms with Crippen LogP contribution >= 0.6 is 0 Å². The number of carbonyl (C=O) groups is 1. The minimum absolute atomic E-state index is 0.0806. The van der Waals surface area contributed by atoms with Gasteiger partial charge in [0.25, 0.3) is 0 Å². The summed E-state index contributed by atoms with van der Waals surface area (Å²) in [6, 6.07) is 27.8. The van der Waals surface area contributed by atoms with Gasteiger partial charge >= 0.3 is 0 Å². The van der Waals surface area contributed by atoms with Gasteiger partial charge in [-0.25, -0.2) is 0 Å². The summed E-state index contributed by atoms with van der Waals surface area (Å²) in [6.45, 7) is 15.0. The molecule has 2 atom stereocenters.